The van der Waals surface area contributed by atoms with Gasteiger partial charge in [-0.05, 0) is 31.1 Å². The van der Waals surface area contributed by atoms with Crippen molar-refractivity contribution in [1.29, 1.82) is 0 Å². The lowest BCUT2D eigenvalue weighted by atomic mass is 10.1. The average Bonchev–Trinajstić information content (AvgIpc) is 2.20. The molecule has 0 bridgehead atoms. The number of halogens is 1. The molecule has 2 nitrogen and oxygen atoms in total. The molecular formula is C12H16ClNO. The second kappa shape index (κ2) is 6.49. The second-order valence-electron chi connectivity index (χ2n) is 3.46. The van der Waals surface area contributed by atoms with E-state index in [1.54, 1.807) is 6.08 Å². The number of rotatable bonds is 5. The van der Waals surface area contributed by atoms with Gasteiger partial charge in [-0.25, -0.2) is 0 Å². The second-order valence-corrected chi connectivity index (χ2v) is 3.71. The van der Waals surface area contributed by atoms with Crippen LogP contribution >= 0.6 is 11.6 Å². The maximum absolute atomic E-state index is 5.76. The first-order valence-corrected chi connectivity index (χ1v) is 5.39. The number of hydrogen-bond donors (Lipinski definition) is 1. The van der Waals surface area contributed by atoms with Gasteiger partial charge in [-0.1, -0.05) is 29.8 Å². The molecule has 1 aromatic carbocycles. The Kier molecular flexibility index (Phi) is 5.22. The maximum Gasteiger partial charge on any atom is 0.123 e. The maximum atomic E-state index is 5.76. The summed E-state index contributed by atoms with van der Waals surface area (Å²) in [6.45, 7) is 2.47. The first kappa shape index (κ1) is 12.1. The molecule has 0 fully saturated rings. The van der Waals surface area contributed by atoms with Crippen LogP contribution in [0.2, 0.25) is 0 Å². The molecule has 15 heavy (non-hydrogen) atoms. The molecule has 0 amide bonds. The van der Waals surface area contributed by atoms with E-state index >= 15 is 0 Å². The van der Waals surface area contributed by atoms with Crippen LogP contribution in [0.3, 0.4) is 0 Å². The molecule has 1 unspecified atom stereocenters. The van der Waals surface area contributed by atoms with Crippen molar-refractivity contribution in [3.63, 3.8) is 0 Å². The van der Waals surface area contributed by atoms with Crippen LogP contribution in [-0.2, 0) is 6.42 Å². The number of ether oxygens (including phenoxy) is 1. The van der Waals surface area contributed by atoms with Gasteiger partial charge in [0.25, 0.3) is 0 Å². The highest BCUT2D eigenvalue weighted by atomic mass is 35.5. The first-order valence-electron chi connectivity index (χ1n) is 4.95. The van der Waals surface area contributed by atoms with Crippen LogP contribution < -0.4 is 10.5 Å². The summed E-state index contributed by atoms with van der Waals surface area (Å²) in [5.74, 6) is 0.879. The molecule has 0 saturated heterocycles. The van der Waals surface area contributed by atoms with Crippen LogP contribution in [0, 0.1) is 0 Å². The minimum Gasteiger partial charge on any atom is -0.489 e. The summed E-state index contributed by atoms with van der Waals surface area (Å²) in [5, 5.41) is 0. The van der Waals surface area contributed by atoms with E-state index in [0.717, 1.165) is 17.7 Å². The lowest BCUT2D eigenvalue weighted by Crippen LogP contribution is -2.18. The third-order valence-electron chi connectivity index (χ3n) is 1.94. The van der Waals surface area contributed by atoms with Crippen LogP contribution in [0.5, 0.6) is 5.75 Å². The summed E-state index contributed by atoms with van der Waals surface area (Å²) in [7, 11) is 0. The van der Waals surface area contributed by atoms with Gasteiger partial charge in [0, 0.05) is 11.6 Å². The highest BCUT2D eigenvalue weighted by Crippen LogP contribution is 2.19. The number of hydrogen-bond acceptors (Lipinski definition) is 2. The lowest BCUT2D eigenvalue weighted by molar-refractivity contribution is 0.358. The summed E-state index contributed by atoms with van der Waals surface area (Å²) in [5.41, 5.74) is 8.34. The molecule has 3 heteroatoms. The van der Waals surface area contributed by atoms with Gasteiger partial charge in [-0.3, -0.25) is 0 Å². The zero-order valence-corrected chi connectivity index (χ0v) is 9.58. The van der Waals surface area contributed by atoms with Crippen LogP contribution in [-0.4, -0.2) is 12.6 Å². The van der Waals surface area contributed by atoms with Gasteiger partial charge in [0.05, 0.1) is 0 Å². The van der Waals surface area contributed by atoms with Crippen LogP contribution in [0.25, 0.3) is 0 Å². The summed E-state index contributed by atoms with van der Waals surface area (Å²) in [4.78, 5) is 0. The molecule has 1 atom stereocenters. The molecule has 0 aromatic heterocycles. The molecule has 0 radical (unpaired) electrons. The van der Waals surface area contributed by atoms with Gasteiger partial charge in [0.1, 0.15) is 12.4 Å². The summed E-state index contributed by atoms with van der Waals surface area (Å²) in [6, 6.07) is 8.05. The Morgan fingerprint density at radius 3 is 2.87 bits per heavy atom. The third-order valence-corrected chi connectivity index (χ3v) is 2.12. The van der Waals surface area contributed by atoms with E-state index in [1.807, 2.05) is 31.2 Å². The Labute approximate surface area is 95.7 Å². The SMILES string of the molecule is CC(N)Cc1ccccc1OC/C=C/Cl. The lowest BCUT2D eigenvalue weighted by Gasteiger charge is -2.11. The van der Waals surface area contributed by atoms with Gasteiger partial charge in [-0.2, -0.15) is 0 Å². The standard InChI is InChI=1S/C12H16ClNO/c1-10(14)9-11-5-2-3-6-12(11)15-8-4-7-13/h2-7,10H,8-9,14H2,1H3/b7-4+. The molecule has 1 aromatic rings. The van der Waals surface area contributed by atoms with Crippen LogP contribution in [0.4, 0.5) is 0 Å². The van der Waals surface area contributed by atoms with Crippen LogP contribution in [0.15, 0.2) is 35.9 Å². The van der Waals surface area contributed by atoms with E-state index in [0.29, 0.717) is 6.61 Å². The van der Waals surface area contributed by atoms with Crippen molar-refractivity contribution in [2.75, 3.05) is 6.61 Å². The highest BCUT2D eigenvalue weighted by Gasteiger charge is 2.04. The van der Waals surface area contributed by atoms with Crippen LogP contribution in [0.1, 0.15) is 12.5 Å². The van der Waals surface area contributed by atoms with Crippen molar-refractivity contribution in [3.8, 4) is 5.75 Å². The zero-order chi connectivity index (χ0) is 11.1. The molecule has 0 saturated carbocycles. The topological polar surface area (TPSA) is 35.2 Å². The Bertz CT molecular complexity index is 323. The quantitative estimate of drug-likeness (QED) is 0.837. The van der Waals surface area contributed by atoms with E-state index in [-0.39, 0.29) is 6.04 Å². The predicted octanol–water partition coefficient (Wildman–Crippen LogP) is 2.71. The summed E-state index contributed by atoms with van der Waals surface area (Å²) in [6.07, 6.45) is 2.57. The Morgan fingerprint density at radius 1 is 1.47 bits per heavy atom. The highest BCUT2D eigenvalue weighted by molar-refractivity contribution is 6.25. The van der Waals surface area contributed by atoms with Crippen molar-refractivity contribution in [2.24, 2.45) is 5.73 Å². The molecule has 0 heterocycles. The van der Waals surface area contributed by atoms with Crippen molar-refractivity contribution in [1.82, 2.24) is 0 Å². The zero-order valence-electron chi connectivity index (χ0n) is 8.82. The van der Waals surface area contributed by atoms with Crippen molar-refractivity contribution in [3.05, 3.63) is 41.4 Å². The molecule has 0 spiro atoms. The normalized spacial score (nSPS) is 13.0. The Hall–Kier alpha value is -0.990. The summed E-state index contributed by atoms with van der Waals surface area (Å²) >= 11 is 5.41. The molecule has 0 aliphatic heterocycles. The van der Waals surface area contributed by atoms with Gasteiger partial charge >= 0.3 is 0 Å². The molecular weight excluding hydrogens is 210 g/mol. The fourth-order valence-electron chi connectivity index (χ4n) is 1.33. The number of benzene rings is 1. The molecule has 2 N–H and O–H groups in total. The smallest absolute Gasteiger partial charge is 0.123 e. The molecule has 0 aliphatic carbocycles. The molecule has 0 aliphatic rings. The third kappa shape index (κ3) is 4.36. The predicted molar refractivity (Wildman–Crippen MR) is 64.3 cm³/mol. The minimum absolute atomic E-state index is 0.137. The fourth-order valence-corrected chi connectivity index (χ4v) is 1.41. The van der Waals surface area contributed by atoms with E-state index in [4.69, 9.17) is 22.1 Å². The fraction of sp³-hybridized carbons (Fsp3) is 0.333. The largest absolute Gasteiger partial charge is 0.489 e. The van der Waals surface area contributed by atoms with Gasteiger partial charge < -0.3 is 10.5 Å². The minimum atomic E-state index is 0.137. The molecule has 1 rings (SSSR count). The number of para-hydroxylation sites is 1. The van der Waals surface area contributed by atoms with Gasteiger partial charge in [0.15, 0.2) is 0 Å². The monoisotopic (exact) mass is 225 g/mol. The summed E-state index contributed by atoms with van der Waals surface area (Å²) < 4.78 is 5.55. The van der Waals surface area contributed by atoms with Crippen molar-refractivity contribution in [2.45, 2.75) is 19.4 Å². The van der Waals surface area contributed by atoms with E-state index in [1.165, 1.54) is 5.54 Å². The van der Waals surface area contributed by atoms with E-state index in [2.05, 4.69) is 0 Å². The number of nitrogens with two attached hydrogens (primary N) is 1. The Morgan fingerprint density at radius 2 is 2.20 bits per heavy atom. The van der Waals surface area contributed by atoms with E-state index < -0.39 is 0 Å². The Balaban J connectivity index is 2.68. The van der Waals surface area contributed by atoms with Crippen molar-refractivity contribution >= 4 is 11.6 Å². The van der Waals surface area contributed by atoms with Crippen molar-refractivity contribution < 1.29 is 4.74 Å². The first-order chi connectivity index (χ1) is 7.24. The average molecular weight is 226 g/mol. The molecule has 82 valence electrons. The van der Waals surface area contributed by atoms with Gasteiger partial charge in [0.2, 0.25) is 0 Å². The van der Waals surface area contributed by atoms with Gasteiger partial charge in [-0.15, -0.1) is 0 Å². The van der Waals surface area contributed by atoms with E-state index in [9.17, 15) is 0 Å².